The standard InChI is InChI=1S/C22H46O2/c1-20(2)22(16-12-8-6-10-14-18-24)19-21(3)15-11-7-4-5-9-13-17-23/h20-24H,4-19H2,1-3H3. The van der Waals surface area contributed by atoms with E-state index in [9.17, 15) is 0 Å². The molecule has 0 aromatic heterocycles. The van der Waals surface area contributed by atoms with Crippen LogP contribution < -0.4 is 0 Å². The highest BCUT2D eigenvalue weighted by atomic mass is 16.3. The summed E-state index contributed by atoms with van der Waals surface area (Å²) in [6.45, 7) is 7.94. The Morgan fingerprint density at radius 3 is 1.42 bits per heavy atom. The number of aliphatic hydroxyl groups is 2. The summed E-state index contributed by atoms with van der Waals surface area (Å²) in [6, 6.07) is 0. The van der Waals surface area contributed by atoms with Gasteiger partial charge in [-0.05, 0) is 37.0 Å². The number of aliphatic hydroxyl groups excluding tert-OH is 2. The van der Waals surface area contributed by atoms with E-state index in [1.165, 1.54) is 77.0 Å². The zero-order valence-electron chi connectivity index (χ0n) is 16.9. The van der Waals surface area contributed by atoms with Crippen LogP contribution >= 0.6 is 0 Å². The Kier molecular flexibility index (Phi) is 17.7. The molecule has 0 aliphatic carbocycles. The summed E-state index contributed by atoms with van der Waals surface area (Å²) < 4.78 is 0. The van der Waals surface area contributed by atoms with Crippen LogP contribution in [0.25, 0.3) is 0 Å². The van der Waals surface area contributed by atoms with E-state index in [-0.39, 0.29) is 0 Å². The average Bonchev–Trinajstić information content (AvgIpc) is 2.55. The molecule has 0 aromatic carbocycles. The first-order chi connectivity index (χ1) is 11.6. The van der Waals surface area contributed by atoms with Crippen LogP contribution in [-0.4, -0.2) is 23.4 Å². The molecule has 2 unspecified atom stereocenters. The van der Waals surface area contributed by atoms with Gasteiger partial charge in [0.15, 0.2) is 0 Å². The molecule has 2 heteroatoms. The van der Waals surface area contributed by atoms with E-state index in [0.717, 1.165) is 30.6 Å². The molecule has 0 aliphatic rings. The highest BCUT2D eigenvalue weighted by Gasteiger charge is 2.16. The van der Waals surface area contributed by atoms with Crippen LogP contribution in [-0.2, 0) is 0 Å². The molecule has 0 saturated carbocycles. The van der Waals surface area contributed by atoms with Crippen molar-refractivity contribution in [3.05, 3.63) is 0 Å². The lowest BCUT2D eigenvalue weighted by Gasteiger charge is -2.24. The van der Waals surface area contributed by atoms with E-state index >= 15 is 0 Å². The summed E-state index contributed by atoms with van der Waals surface area (Å²) in [4.78, 5) is 0. The summed E-state index contributed by atoms with van der Waals surface area (Å²) in [5.41, 5.74) is 0. The molecule has 0 spiro atoms. The minimum atomic E-state index is 0.355. The molecule has 0 rings (SSSR count). The second-order valence-corrected chi connectivity index (χ2v) is 8.26. The quantitative estimate of drug-likeness (QED) is 0.285. The zero-order valence-corrected chi connectivity index (χ0v) is 16.9. The van der Waals surface area contributed by atoms with Crippen molar-refractivity contribution in [1.82, 2.24) is 0 Å². The van der Waals surface area contributed by atoms with Crippen LogP contribution in [0.4, 0.5) is 0 Å². The van der Waals surface area contributed by atoms with Gasteiger partial charge >= 0.3 is 0 Å². The Hall–Kier alpha value is -0.0800. The topological polar surface area (TPSA) is 40.5 Å². The third-order valence-electron chi connectivity index (χ3n) is 5.49. The first-order valence-electron chi connectivity index (χ1n) is 10.8. The number of hydrogen-bond acceptors (Lipinski definition) is 2. The lowest BCUT2D eigenvalue weighted by atomic mass is 9.82. The van der Waals surface area contributed by atoms with Gasteiger partial charge < -0.3 is 10.2 Å². The third-order valence-corrected chi connectivity index (χ3v) is 5.49. The van der Waals surface area contributed by atoms with E-state index in [0.29, 0.717) is 13.2 Å². The molecule has 2 nitrogen and oxygen atoms in total. The summed E-state index contributed by atoms with van der Waals surface area (Å²) in [5, 5.41) is 17.6. The van der Waals surface area contributed by atoms with E-state index in [1.54, 1.807) is 0 Å². The number of hydrogen-bond donors (Lipinski definition) is 2. The fourth-order valence-electron chi connectivity index (χ4n) is 3.72. The Morgan fingerprint density at radius 1 is 0.542 bits per heavy atom. The van der Waals surface area contributed by atoms with Gasteiger partial charge in [-0.25, -0.2) is 0 Å². The maximum absolute atomic E-state index is 8.82. The SMILES string of the molecule is CC(CCCCCCCCO)CC(CCCCCCCO)C(C)C. The molecule has 0 fully saturated rings. The van der Waals surface area contributed by atoms with Gasteiger partial charge in [0, 0.05) is 13.2 Å². The molecule has 0 amide bonds. The van der Waals surface area contributed by atoms with Crippen LogP contribution in [0, 0.1) is 17.8 Å². The van der Waals surface area contributed by atoms with Gasteiger partial charge in [-0.1, -0.05) is 91.4 Å². The summed E-state index contributed by atoms with van der Waals surface area (Å²) in [7, 11) is 0. The van der Waals surface area contributed by atoms with Crippen LogP contribution in [0.2, 0.25) is 0 Å². The van der Waals surface area contributed by atoms with E-state index in [4.69, 9.17) is 10.2 Å². The molecular formula is C22H46O2. The molecule has 0 aliphatic heterocycles. The predicted octanol–water partition coefficient (Wildman–Crippen LogP) is 6.34. The molecule has 2 N–H and O–H groups in total. The van der Waals surface area contributed by atoms with Gasteiger partial charge in [0.25, 0.3) is 0 Å². The molecule has 0 radical (unpaired) electrons. The van der Waals surface area contributed by atoms with Crippen LogP contribution in [0.3, 0.4) is 0 Å². The van der Waals surface area contributed by atoms with Crippen molar-refractivity contribution in [2.75, 3.05) is 13.2 Å². The van der Waals surface area contributed by atoms with Gasteiger partial charge in [-0.3, -0.25) is 0 Å². The zero-order chi connectivity index (χ0) is 18.0. The molecule has 0 saturated heterocycles. The van der Waals surface area contributed by atoms with Crippen molar-refractivity contribution in [2.45, 2.75) is 111 Å². The van der Waals surface area contributed by atoms with Crippen molar-refractivity contribution in [3.8, 4) is 0 Å². The monoisotopic (exact) mass is 342 g/mol. The molecule has 0 aromatic rings. The molecule has 0 heterocycles. The maximum Gasteiger partial charge on any atom is 0.0431 e. The minimum Gasteiger partial charge on any atom is -0.396 e. The fraction of sp³-hybridized carbons (Fsp3) is 1.00. The Bertz CT molecular complexity index is 240. The average molecular weight is 343 g/mol. The lowest BCUT2D eigenvalue weighted by molar-refractivity contribution is 0.266. The highest BCUT2D eigenvalue weighted by Crippen LogP contribution is 2.28. The lowest BCUT2D eigenvalue weighted by Crippen LogP contribution is -2.13. The van der Waals surface area contributed by atoms with Crippen LogP contribution in [0.5, 0.6) is 0 Å². The van der Waals surface area contributed by atoms with Crippen LogP contribution in [0.15, 0.2) is 0 Å². The largest absolute Gasteiger partial charge is 0.396 e. The summed E-state index contributed by atoms with van der Waals surface area (Å²) in [6.07, 6.45) is 17.9. The van der Waals surface area contributed by atoms with E-state index in [2.05, 4.69) is 20.8 Å². The highest BCUT2D eigenvalue weighted by molar-refractivity contribution is 4.68. The first kappa shape index (κ1) is 23.9. The molecular weight excluding hydrogens is 296 g/mol. The van der Waals surface area contributed by atoms with Gasteiger partial charge in [0.05, 0.1) is 0 Å². The summed E-state index contributed by atoms with van der Waals surface area (Å²) >= 11 is 0. The molecule has 2 atom stereocenters. The van der Waals surface area contributed by atoms with E-state index in [1.807, 2.05) is 0 Å². The van der Waals surface area contributed by atoms with Crippen molar-refractivity contribution in [1.29, 1.82) is 0 Å². The van der Waals surface area contributed by atoms with Crippen LogP contribution in [0.1, 0.15) is 111 Å². The van der Waals surface area contributed by atoms with Crippen molar-refractivity contribution in [2.24, 2.45) is 17.8 Å². The fourth-order valence-corrected chi connectivity index (χ4v) is 3.72. The van der Waals surface area contributed by atoms with Gasteiger partial charge in [-0.2, -0.15) is 0 Å². The smallest absolute Gasteiger partial charge is 0.0431 e. The number of unbranched alkanes of at least 4 members (excludes halogenated alkanes) is 9. The number of rotatable bonds is 18. The molecule has 146 valence electrons. The predicted molar refractivity (Wildman–Crippen MR) is 106 cm³/mol. The first-order valence-corrected chi connectivity index (χ1v) is 10.8. The van der Waals surface area contributed by atoms with Gasteiger partial charge in [0.1, 0.15) is 0 Å². The second-order valence-electron chi connectivity index (χ2n) is 8.26. The second kappa shape index (κ2) is 17.7. The van der Waals surface area contributed by atoms with E-state index < -0.39 is 0 Å². The van der Waals surface area contributed by atoms with Gasteiger partial charge in [-0.15, -0.1) is 0 Å². The van der Waals surface area contributed by atoms with Gasteiger partial charge in [0.2, 0.25) is 0 Å². The normalized spacial score (nSPS) is 14.2. The molecule has 24 heavy (non-hydrogen) atoms. The maximum atomic E-state index is 8.82. The van der Waals surface area contributed by atoms with Crippen molar-refractivity contribution >= 4 is 0 Å². The van der Waals surface area contributed by atoms with Crippen molar-refractivity contribution < 1.29 is 10.2 Å². The summed E-state index contributed by atoms with van der Waals surface area (Å²) in [5.74, 6) is 2.56. The Labute approximate surface area is 152 Å². The minimum absolute atomic E-state index is 0.355. The Balaban J connectivity index is 3.69. The third kappa shape index (κ3) is 15.4. The molecule has 0 bridgehead atoms. The Morgan fingerprint density at radius 2 is 0.958 bits per heavy atom. The van der Waals surface area contributed by atoms with Crippen molar-refractivity contribution in [3.63, 3.8) is 0 Å².